The maximum absolute atomic E-state index is 13.3. The molecule has 6 heteroatoms. The third-order valence-electron chi connectivity index (χ3n) is 2.76. The summed E-state index contributed by atoms with van der Waals surface area (Å²) in [7, 11) is 0. The van der Waals surface area contributed by atoms with Crippen LogP contribution in [0.1, 0.15) is 31.3 Å². The van der Waals surface area contributed by atoms with Gasteiger partial charge in [-0.15, -0.1) is 0 Å². The van der Waals surface area contributed by atoms with Gasteiger partial charge in [-0.1, -0.05) is 11.8 Å². The van der Waals surface area contributed by atoms with Gasteiger partial charge in [0, 0.05) is 6.04 Å². The summed E-state index contributed by atoms with van der Waals surface area (Å²) in [6.45, 7) is 4.46. The van der Waals surface area contributed by atoms with Gasteiger partial charge >= 0.3 is 0 Å². The Bertz CT molecular complexity index is 670. The van der Waals surface area contributed by atoms with Gasteiger partial charge in [-0.25, -0.2) is 14.1 Å². The molecule has 1 aromatic carbocycles. The summed E-state index contributed by atoms with van der Waals surface area (Å²) in [5, 5.41) is 4.14. The van der Waals surface area contributed by atoms with Crippen molar-refractivity contribution < 1.29 is 9.13 Å². The first-order valence-electron chi connectivity index (χ1n) is 6.61. The van der Waals surface area contributed by atoms with E-state index in [9.17, 15) is 4.39 Å². The summed E-state index contributed by atoms with van der Waals surface area (Å²) in [5.74, 6) is 6.32. The Morgan fingerprint density at radius 2 is 2.24 bits per heavy atom. The standard InChI is InChI=1S/C15H17FN4O/c1-11(2)20-15(18-10-19-20)9-21-14-6-5-13(16)8-12(14)4-3-7-17/h5-6,8,10-11H,7,9,17H2,1-2H3. The molecule has 0 radical (unpaired) electrons. The summed E-state index contributed by atoms with van der Waals surface area (Å²) in [4.78, 5) is 4.16. The number of benzene rings is 1. The van der Waals surface area contributed by atoms with Crippen molar-refractivity contribution in [3.8, 4) is 17.6 Å². The van der Waals surface area contributed by atoms with Crippen molar-refractivity contribution in [2.45, 2.75) is 26.5 Å². The molecule has 0 bridgehead atoms. The second-order valence-electron chi connectivity index (χ2n) is 4.65. The maximum Gasteiger partial charge on any atom is 0.165 e. The van der Waals surface area contributed by atoms with Crippen molar-refractivity contribution in [1.29, 1.82) is 0 Å². The van der Waals surface area contributed by atoms with E-state index in [0.717, 1.165) is 0 Å². The molecule has 1 heterocycles. The number of ether oxygens (including phenoxy) is 1. The Morgan fingerprint density at radius 3 is 2.95 bits per heavy atom. The number of nitrogens with two attached hydrogens (primary N) is 1. The zero-order chi connectivity index (χ0) is 15.2. The van der Waals surface area contributed by atoms with Crippen LogP contribution >= 0.6 is 0 Å². The van der Waals surface area contributed by atoms with Crippen molar-refractivity contribution in [3.05, 3.63) is 41.7 Å². The number of halogens is 1. The molecule has 1 aromatic heterocycles. The third-order valence-corrected chi connectivity index (χ3v) is 2.76. The highest BCUT2D eigenvalue weighted by molar-refractivity contribution is 5.46. The lowest BCUT2D eigenvalue weighted by Gasteiger charge is -2.11. The van der Waals surface area contributed by atoms with Crippen LogP contribution in [0, 0.1) is 17.7 Å². The van der Waals surface area contributed by atoms with Crippen molar-refractivity contribution in [1.82, 2.24) is 14.8 Å². The summed E-state index contributed by atoms with van der Waals surface area (Å²) in [5.41, 5.74) is 5.81. The SMILES string of the molecule is CC(C)n1ncnc1COc1ccc(F)cc1C#CCN. The van der Waals surface area contributed by atoms with E-state index >= 15 is 0 Å². The molecule has 0 aliphatic rings. The van der Waals surface area contributed by atoms with Gasteiger partial charge in [0.15, 0.2) is 5.82 Å². The van der Waals surface area contributed by atoms with Gasteiger partial charge in [0.25, 0.3) is 0 Å². The summed E-state index contributed by atoms with van der Waals surface area (Å²) >= 11 is 0. The minimum atomic E-state index is -0.367. The first-order valence-corrected chi connectivity index (χ1v) is 6.61. The fourth-order valence-corrected chi connectivity index (χ4v) is 1.82. The van der Waals surface area contributed by atoms with E-state index in [1.165, 1.54) is 18.5 Å². The first kappa shape index (κ1) is 15.0. The normalized spacial score (nSPS) is 10.3. The van der Waals surface area contributed by atoms with Crippen LogP contribution in [-0.2, 0) is 6.61 Å². The summed E-state index contributed by atoms with van der Waals surface area (Å²) < 4.78 is 20.7. The summed E-state index contributed by atoms with van der Waals surface area (Å²) in [6.07, 6.45) is 1.48. The fraction of sp³-hybridized carbons (Fsp3) is 0.333. The number of hydrogen-bond donors (Lipinski definition) is 1. The average molecular weight is 288 g/mol. The van der Waals surface area contributed by atoms with Crippen LogP contribution in [0.15, 0.2) is 24.5 Å². The van der Waals surface area contributed by atoms with E-state index in [0.29, 0.717) is 17.1 Å². The molecule has 0 spiro atoms. The maximum atomic E-state index is 13.3. The zero-order valence-corrected chi connectivity index (χ0v) is 12.0. The first-order chi connectivity index (χ1) is 10.1. The Labute approximate surface area is 122 Å². The lowest BCUT2D eigenvalue weighted by atomic mass is 10.2. The largest absolute Gasteiger partial charge is 0.484 e. The van der Waals surface area contributed by atoms with Crippen LogP contribution < -0.4 is 10.5 Å². The van der Waals surface area contributed by atoms with E-state index in [2.05, 4.69) is 21.9 Å². The van der Waals surface area contributed by atoms with Crippen LogP contribution in [0.3, 0.4) is 0 Å². The monoisotopic (exact) mass is 288 g/mol. The Morgan fingerprint density at radius 1 is 1.43 bits per heavy atom. The van der Waals surface area contributed by atoms with E-state index in [1.54, 1.807) is 10.7 Å². The molecule has 0 amide bonds. The molecule has 0 aliphatic heterocycles. The summed E-state index contributed by atoms with van der Waals surface area (Å²) in [6, 6.07) is 4.39. The van der Waals surface area contributed by atoms with Crippen LogP contribution in [0.4, 0.5) is 4.39 Å². The zero-order valence-electron chi connectivity index (χ0n) is 12.0. The molecule has 0 atom stereocenters. The lowest BCUT2D eigenvalue weighted by molar-refractivity contribution is 0.281. The van der Waals surface area contributed by atoms with E-state index in [1.807, 2.05) is 13.8 Å². The lowest BCUT2D eigenvalue weighted by Crippen LogP contribution is -2.11. The van der Waals surface area contributed by atoms with Gasteiger partial charge in [-0.05, 0) is 32.0 Å². The predicted molar refractivity (Wildman–Crippen MR) is 77.1 cm³/mol. The number of hydrogen-bond acceptors (Lipinski definition) is 4. The molecule has 0 saturated heterocycles. The highest BCUT2D eigenvalue weighted by atomic mass is 19.1. The minimum absolute atomic E-state index is 0.191. The van der Waals surface area contributed by atoms with Crippen LogP contribution in [-0.4, -0.2) is 21.3 Å². The molecule has 0 fully saturated rings. The molecule has 2 N–H and O–H groups in total. The molecule has 2 rings (SSSR count). The minimum Gasteiger partial charge on any atom is -0.484 e. The average Bonchev–Trinajstić information content (AvgIpc) is 2.92. The second kappa shape index (κ2) is 6.86. The molecule has 110 valence electrons. The molecule has 0 saturated carbocycles. The number of aromatic nitrogens is 3. The highest BCUT2D eigenvalue weighted by Crippen LogP contribution is 2.20. The molecule has 0 aliphatic carbocycles. The topological polar surface area (TPSA) is 66.0 Å². The predicted octanol–water partition coefficient (Wildman–Crippen LogP) is 1.89. The van der Waals surface area contributed by atoms with Crippen molar-refractivity contribution in [3.63, 3.8) is 0 Å². The highest BCUT2D eigenvalue weighted by Gasteiger charge is 2.10. The second-order valence-corrected chi connectivity index (χ2v) is 4.65. The molecular weight excluding hydrogens is 271 g/mol. The molecule has 5 nitrogen and oxygen atoms in total. The molecule has 0 unspecified atom stereocenters. The van der Waals surface area contributed by atoms with Crippen LogP contribution in [0.2, 0.25) is 0 Å². The molecule has 21 heavy (non-hydrogen) atoms. The van der Waals surface area contributed by atoms with Gasteiger partial charge in [0.2, 0.25) is 0 Å². The Balaban J connectivity index is 2.18. The van der Waals surface area contributed by atoms with Gasteiger partial charge in [-0.2, -0.15) is 5.10 Å². The van der Waals surface area contributed by atoms with Crippen molar-refractivity contribution in [2.24, 2.45) is 5.73 Å². The Kier molecular flexibility index (Phi) is 4.90. The van der Waals surface area contributed by atoms with Gasteiger partial charge in [0.05, 0.1) is 12.1 Å². The van der Waals surface area contributed by atoms with Crippen molar-refractivity contribution >= 4 is 0 Å². The molecular formula is C15H17FN4O. The smallest absolute Gasteiger partial charge is 0.165 e. The molecule has 2 aromatic rings. The van der Waals surface area contributed by atoms with Gasteiger partial charge in [-0.3, -0.25) is 0 Å². The van der Waals surface area contributed by atoms with Crippen molar-refractivity contribution in [2.75, 3.05) is 6.54 Å². The van der Waals surface area contributed by atoms with Crippen LogP contribution in [0.25, 0.3) is 0 Å². The number of nitrogens with zero attached hydrogens (tertiary/aromatic N) is 3. The fourth-order valence-electron chi connectivity index (χ4n) is 1.82. The number of rotatable bonds is 4. The van der Waals surface area contributed by atoms with Gasteiger partial charge in [0.1, 0.15) is 24.5 Å². The Hall–Kier alpha value is -2.39. The van der Waals surface area contributed by atoms with E-state index < -0.39 is 0 Å². The quantitative estimate of drug-likeness (QED) is 0.872. The van der Waals surface area contributed by atoms with E-state index in [-0.39, 0.29) is 25.0 Å². The van der Waals surface area contributed by atoms with E-state index in [4.69, 9.17) is 10.5 Å². The van der Waals surface area contributed by atoms with Crippen LogP contribution in [0.5, 0.6) is 5.75 Å². The third kappa shape index (κ3) is 3.80. The van der Waals surface area contributed by atoms with Gasteiger partial charge < -0.3 is 10.5 Å².